The third-order valence-corrected chi connectivity index (χ3v) is 5.02. The van der Waals surface area contributed by atoms with Gasteiger partial charge in [-0.1, -0.05) is 48.0 Å². The van der Waals surface area contributed by atoms with Gasteiger partial charge < -0.3 is 10.1 Å². The average molecular weight is 425 g/mol. The molecule has 0 aliphatic heterocycles. The van der Waals surface area contributed by atoms with Crippen molar-refractivity contribution >= 4 is 11.6 Å². The number of aryl methyl sites for hydroxylation is 1. The fourth-order valence-electron chi connectivity index (χ4n) is 3.17. The molecule has 0 spiro atoms. The Hall–Kier alpha value is -4.19. The third-order valence-electron chi connectivity index (χ3n) is 5.02. The quantitative estimate of drug-likeness (QED) is 0.460. The highest BCUT2D eigenvalue weighted by atomic mass is 16.5. The van der Waals surface area contributed by atoms with Crippen LogP contribution in [0.4, 0.5) is 5.69 Å². The molecule has 32 heavy (non-hydrogen) atoms. The van der Waals surface area contributed by atoms with E-state index < -0.39 is 6.04 Å². The van der Waals surface area contributed by atoms with Gasteiger partial charge in [0.05, 0.1) is 5.69 Å². The number of ether oxygens (including phenoxy) is 1. The molecule has 1 atom stereocenters. The smallest absolute Gasteiger partial charge is 0.267 e. The van der Waals surface area contributed by atoms with E-state index in [1.165, 1.54) is 10.7 Å². The Kier molecular flexibility index (Phi) is 6.12. The number of nitrogens with one attached hydrogen (secondary N) is 1. The number of para-hydroxylation sites is 1. The maximum absolute atomic E-state index is 12.8. The number of aromatic nitrogens is 2. The van der Waals surface area contributed by atoms with Gasteiger partial charge in [-0.05, 0) is 56.3 Å². The summed E-state index contributed by atoms with van der Waals surface area (Å²) in [4.78, 5) is 25.2. The van der Waals surface area contributed by atoms with Crippen LogP contribution in [0.2, 0.25) is 0 Å². The Morgan fingerprint density at radius 2 is 1.53 bits per heavy atom. The van der Waals surface area contributed by atoms with E-state index in [0.29, 0.717) is 17.1 Å². The number of hydrogen-bond donors (Lipinski definition) is 1. The maximum Gasteiger partial charge on any atom is 0.267 e. The molecule has 0 bridgehead atoms. The van der Waals surface area contributed by atoms with E-state index in [4.69, 9.17) is 4.74 Å². The highest BCUT2D eigenvalue weighted by molar-refractivity contribution is 5.93. The van der Waals surface area contributed by atoms with Crippen molar-refractivity contribution in [1.82, 2.24) is 9.78 Å². The van der Waals surface area contributed by atoms with E-state index in [1.54, 1.807) is 37.3 Å². The zero-order valence-electron chi connectivity index (χ0n) is 17.9. The van der Waals surface area contributed by atoms with Crippen molar-refractivity contribution in [3.8, 4) is 22.8 Å². The molecule has 0 saturated carbocycles. The summed E-state index contributed by atoms with van der Waals surface area (Å²) >= 11 is 0. The van der Waals surface area contributed by atoms with E-state index in [2.05, 4.69) is 10.4 Å². The monoisotopic (exact) mass is 425 g/mol. The highest BCUT2D eigenvalue weighted by Crippen LogP contribution is 2.23. The van der Waals surface area contributed by atoms with Gasteiger partial charge in [-0.3, -0.25) is 9.59 Å². The minimum Gasteiger partial charge on any atom is -0.457 e. The van der Waals surface area contributed by atoms with Crippen LogP contribution < -0.4 is 15.6 Å². The molecule has 4 aromatic rings. The SMILES string of the molecule is Cc1ccc(-c2ccc(=O)n(C(C)C(=O)Nc3ccc(Oc4ccccc4)cc3)n2)cc1. The average Bonchev–Trinajstić information content (AvgIpc) is 2.81. The molecule has 0 aliphatic rings. The first-order chi connectivity index (χ1) is 15.5. The topological polar surface area (TPSA) is 73.2 Å². The molecule has 160 valence electrons. The Labute approximate surface area is 186 Å². The molecule has 1 heterocycles. The summed E-state index contributed by atoms with van der Waals surface area (Å²) in [6, 6.07) is 26.7. The highest BCUT2D eigenvalue weighted by Gasteiger charge is 2.18. The standard InChI is InChI=1S/C26H23N3O3/c1-18-8-10-20(11-9-18)24-16-17-25(30)29(28-24)19(2)26(31)27-21-12-14-23(15-13-21)32-22-6-4-3-5-7-22/h3-17,19H,1-2H3,(H,27,31). The number of anilines is 1. The van der Waals surface area contributed by atoms with Crippen LogP contribution in [0, 0.1) is 6.92 Å². The lowest BCUT2D eigenvalue weighted by atomic mass is 10.1. The summed E-state index contributed by atoms with van der Waals surface area (Å²) in [5.41, 5.74) is 2.91. The molecule has 1 unspecified atom stereocenters. The second-order valence-electron chi connectivity index (χ2n) is 7.47. The molecule has 0 saturated heterocycles. The number of nitrogens with zero attached hydrogens (tertiary/aromatic N) is 2. The van der Waals surface area contributed by atoms with E-state index in [1.807, 2.05) is 61.5 Å². The Balaban J connectivity index is 1.47. The van der Waals surface area contributed by atoms with Gasteiger partial charge in [0.2, 0.25) is 5.91 Å². The van der Waals surface area contributed by atoms with Crippen molar-refractivity contribution in [3.05, 3.63) is 107 Å². The molecular formula is C26H23N3O3. The predicted molar refractivity (Wildman–Crippen MR) is 125 cm³/mol. The third kappa shape index (κ3) is 4.92. The maximum atomic E-state index is 12.8. The molecule has 1 aromatic heterocycles. The normalized spacial score (nSPS) is 11.6. The Morgan fingerprint density at radius 3 is 2.22 bits per heavy atom. The minimum absolute atomic E-state index is 0.336. The van der Waals surface area contributed by atoms with Gasteiger partial charge in [-0.15, -0.1) is 0 Å². The number of carbonyl (C=O) groups is 1. The number of amides is 1. The lowest BCUT2D eigenvalue weighted by molar-refractivity contribution is -0.119. The van der Waals surface area contributed by atoms with Gasteiger partial charge in [0, 0.05) is 17.3 Å². The first-order valence-electron chi connectivity index (χ1n) is 10.3. The molecule has 0 fully saturated rings. The van der Waals surface area contributed by atoms with Crippen LogP contribution in [-0.2, 0) is 4.79 Å². The molecule has 4 rings (SSSR count). The van der Waals surface area contributed by atoms with E-state index >= 15 is 0 Å². The van der Waals surface area contributed by atoms with Crippen LogP contribution >= 0.6 is 0 Å². The van der Waals surface area contributed by atoms with Crippen molar-refractivity contribution in [1.29, 1.82) is 0 Å². The number of benzene rings is 3. The van der Waals surface area contributed by atoms with E-state index in [0.717, 1.165) is 16.9 Å². The van der Waals surface area contributed by atoms with Crippen molar-refractivity contribution in [3.63, 3.8) is 0 Å². The molecule has 6 heteroatoms. The fraction of sp³-hybridized carbons (Fsp3) is 0.115. The van der Waals surface area contributed by atoms with Gasteiger partial charge >= 0.3 is 0 Å². The van der Waals surface area contributed by atoms with Gasteiger partial charge in [0.1, 0.15) is 17.5 Å². The van der Waals surface area contributed by atoms with Crippen LogP contribution in [0.25, 0.3) is 11.3 Å². The van der Waals surface area contributed by atoms with E-state index in [9.17, 15) is 9.59 Å². The largest absolute Gasteiger partial charge is 0.457 e. The van der Waals surface area contributed by atoms with Gasteiger partial charge in [-0.25, -0.2) is 4.68 Å². The van der Waals surface area contributed by atoms with Crippen molar-refractivity contribution in [2.75, 3.05) is 5.32 Å². The molecule has 3 aromatic carbocycles. The van der Waals surface area contributed by atoms with Crippen LogP contribution in [0.5, 0.6) is 11.5 Å². The second kappa shape index (κ2) is 9.31. The van der Waals surface area contributed by atoms with Gasteiger partial charge in [0.15, 0.2) is 0 Å². The summed E-state index contributed by atoms with van der Waals surface area (Å²) in [6.45, 7) is 3.65. The van der Waals surface area contributed by atoms with Crippen molar-refractivity contribution in [2.24, 2.45) is 0 Å². The lowest BCUT2D eigenvalue weighted by Gasteiger charge is -2.15. The molecule has 0 radical (unpaired) electrons. The van der Waals surface area contributed by atoms with E-state index in [-0.39, 0.29) is 11.5 Å². The molecule has 0 aliphatic carbocycles. The van der Waals surface area contributed by atoms with Crippen molar-refractivity contribution < 1.29 is 9.53 Å². The number of rotatable bonds is 6. The minimum atomic E-state index is -0.784. The summed E-state index contributed by atoms with van der Waals surface area (Å²) in [7, 11) is 0. The second-order valence-corrected chi connectivity index (χ2v) is 7.47. The van der Waals surface area contributed by atoms with Crippen LogP contribution in [0.15, 0.2) is 95.8 Å². The molecule has 1 N–H and O–H groups in total. The van der Waals surface area contributed by atoms with Crippen LogP contribution in [0.3, 0.4) is 0 Å². The molecule has 6 nitrogen and oxygen atoms in total. The Bertz CT molecular complexity index is 1260. The van der Waals surface area contributed by atoms with Crippen molar-refractivity contribution in [2.45, 2.75) is 19.9 Å². The Morgan fingerprint density at radius 1 is 0.875 bits per heavy atom. The summed E-state index contributed by atoms with van der Waals surface area (Å²) in [6.07, 6.45) is 0. The zero-order valence-corrected chi connectivity index (χ0v) is 17.9. The summed E-state index contributed by atoms with van der Waals surface area (Å²) < 4.78 is 6.97. The molecule has 1 amide bonds. The first-order valence-corrected chi connectivity index (χ1v) is 10.3. The van der Waals surface area contributed by atoms with Crippen LogP contribution in [0.1, 0.15) is 18.5 Å². The fourth-order valence-corrected chi connectivity index (χ4v) is 3.17. The number of carbonyl (C=O) groups excluding carboxylic acids is 1. The predicted octanol–water partition coefficient (Wildman–Crippen LogP) is 5.21. The summed E-state index contributed by atoms with van der Waals surface area (Å²) in [5, 5.41) is 7.25. The van der Waals surface area contributed by atoms with Gasteiger partial charge in [-0.2, -0.15) is 5.10 Å². The zero-order chi connectivity index (χ0) is 22.5. The molecular weight excluding hydrogens is 402 g/mol. The number of hydrogen-bond acceptors (Lipinski definition) is 4. The summed E-state index contributed by atoms with van der Waals surface area (Å²) in [5.74, 6) is 1.06. The van der Waals surface area contributed by atoms with Crippen LogP contribution in [-0.4, -0.2) is 15.7 Å². The van der Waals surface area contributed by atoms with Gasteiger partial charge in [0.25, 0.3) is 5.56 Å². The lowest BCUT2D eigenvalue weighted by Crippen LogP contribution is -2.33. The first kappa shape index (κ1) is 21.1.